The highest BCUT2D eigenvalue weighted by Gasteiger charge is 2.28. The third-order valence-electron chi connectivity index (χ3n) is 4.79. The second kappa shape index (κ2) is 17.5. The van der Waals surface area contributed by atoms with E-state index in [1.807, 2.05) is 40.8 Å². The van der Waals surface area contributed by atoms with Gasteiger partial charge in [0.15, 0.2) is 0 Å². The molecule has 1 saturated heterocycles. The Kier molecular flexibility index (Phi) is 15.1. The van der Waals surface area contributed by atoms with Crippen LogP contribution in [0.25, 0.3) is 0 Å². The minimum absolute atomic E-state index is 0.102. The van der Waals surface area contributed by atoms with Gasteiger partial charge in [0.2, 0.25) is 0 Å². The maximum Gasteiger partial charge on any atom is 0.270 e. The van der Waals surface area contributed by atoms with Crippen molar-refractivity contribution in [3.8, 4) is 0 Å². The van der Waals surface area contributed by atoms with Gasteiger partial charge in [-0.05, 0) is 63.6 Å². The zero-order chi connectivity index (χ0) is 26.1. The molecule has 1 aromatic heterocycles. The van der Waals surface area contributed by atoms with Gasteiger partial charge in [-0.2, -0.15) is 0 Å². The van der Waals surface area contributed by atoms with E-state index in [-0.39, 0.29) is 29.4 Å². The Bertz CT molecular complexity index is 880. The van der Waals surface area contributed by atoms with Crippen LogP contribution in [0.4, 0.5) is 10.1 Å². The summed E-state index contributed by atoms with van der Waals surface area (Å²) in [6.07, 6.45) is 2.74. The number of anilines is 1. The van der Waals surface area contributed by atoms with Crippen molar-refractivity contribution in [2.45, 2.75) is 52.7 Å². The van der Waals surface area contributed by atoms with Crippen molar-refractivity contribution < 1.29 is 23.5 Å². The summed E-state index contributed by atoms with van der Waals surface area (Å²) in [5.74, 6) is -0.663. The fourth-order valence-electron chi connectivity index (χ4n) is 3.06. The first-order valence-electron chi connectivity index (χ1n) is 12.0. The van der Waals surface area contributed by atoms with Gasteiger partial charge >= 0.3 is 0 Å². The number of pyridine rings is 1. The van der Waals surface area contributed by atoms with Crippen LogP contribution in [0.5, 0.6) is 0 Å². The highest BCUT2D eigenvalue weighted by Crippen LogP contribution is 2.20. The third kappa shape index (κ3) is 12.4. The third-order valence-corrected chi connectivity index (χ3v) is 4.79. The number of rotatable bonds is 9. The number of hydrogen-bond acceptors (Lipinski definition) is 6. The molecule has 35 heavy (non-hydrogen) atoms. The van der Waals surface area contributed by atoms with E-state index in [2.05, 4.69) is 20.9 Å². The van der Waals surface area contributed by atoms with Crippen LogP contribution in [0, 0.1) is 12.7 Å². The Morgan fingerprint density at radius 1 is 1.14 bits per heavy atom. The van der Waals surface area contributed by atoms with E-state index < -0.39 is 6.10 Å². The van der Waals surface area contributed by atoms with Gasteiger partial charge in [-0.1, -0.05) is 26.0 Å². The maximum atomic E-state index is 12.2. The number of hydrogen-bond donors (Lipinski definition) is 3. The van der Waals surface area contributed by atoms with Crippen molar-refractivity contribution >= 4 is 17.5 Å². The molecule has 0 radical (unpaired) electrons. The summed E-state index contributed by atoms with van der Waals surface area (Å²) >= 11 is 0. The summed E-state index contributed by atoms with van der Waals surface area (Å²) in [4.78, 5) is 28.3. The Labute approximate surface area is 208 Å². The molecule has 2 atom stereocenters. The van der Waals surface area contributed by atoms with Gasteiger partial charge in [0.25, 0.3) is 11.8 Å². The molecule has 2 unspecified atom stereocenters. The molecule has 1 aromatic carbocycles. The average molecular weight is 491 g/mol. The lowest BCUT2D eigenvalue weighted by Gasteiger charge is -2.12. The smallest absolute Gasteiger partial charge is 0.270 e. The fourth-order valence-corrected chi connectivity index (χ4v) is 3.06. The molecular formula is C26H39FN4O4. The van der Waals surface area contributed by atoms with E-state index in [1.165, 1.54) is 18.3 Å². The van der Waals surface area contributed by atoms with Gasteiger partial charge in [0, 0.05) is 25.0 Å². The van der Waals surface area contributed by atoms with E-state index in [1.54, 1.807) is 18.2 Å². The first kappa shape index (κ1) is 30.2. The highest BCUT2D eigenvalue weighted by atomic mass is 19.1. The van der Waals surface area contributed by atoms with Crippen molar-refractivity contribution in [1.29, 1.82) is 0 Å². The molecule has 0 aliphatic carbocycles. The molecule has 9 heteroatoms. The van der Waals surface area contributed by atoms with E-state index in [9.17, 15) is 14.0 Å². The van der Waals surface area contributed by atoms with E-state index in [4.69, 9.17) is 9.47 Å². The van der Waals surface area contributed by atoms with E-state index >= 15 is 0 Å². The number of carbonyl (C=O) groups excluding carboxylic acids is 2. The second-order valence-electron chi connectivity index (χ2n) is 7.70. The van der Waals surface area contributed by atoms with Crippen LogP contribution >= 0.6 is 0 Å². The zero-order valence-electron chi connectivity index (χ0n) is 21.4. The van der Waals surface area contributed by atoms with Crippen molar-refractivity contribution in [1.82, 2.24) is 15.6 Å². The molecule has 194 valence electrons. The monoisotopic (exact) mass is 490 g/mol. The zero-order valence-corrected chi connectivity index (χ0v) is 21.4. The molecule has 0 bridgehead atoms. The molecule has 0 saturated carbocycles. The van der Waals surface area contributed by atoms with Crippen LogP contribution in [-0.2, 0) is 14.3 Å². The number of nitrogens with one attached hydrogen (secondary N) is 3. The van der Waals surface area contributed by atoms with E-state index in [0.717, 1.165) is 18.5 Å². The molecule has 1 aliphatic rings. The molecule has 1 aliphatic heterocycles. The number of nitrogens with zero attached hydrogens (tertiary/aromatic N) is 1. The molecule has 2 aromatic rings. The molecule has 2 amide bonds. The maximum absolute atomic E-state index is 12.2. The minimum Gasteiger partial charge on any atom is -0.378 e. The topological polar surface area (TPSA) is 102 Å². The lowest BCUT2D eigenvalue weighted by molar-refractivity contribution is -0.126. The lowest BCUT2D eigenvalue weighted by Crippen LogP contribution is -2.29. The van der Waals surface area contributed by atoms with Crippen LogP contribution < -0.4 is 16.0 Å². The predicted octanol–water partition coefficient (Wildman–Crippen LogP) is 3.71. The average Bonchev–Trinajstić information content (AvgIpc) is 3.29. The van der Waals surface area contributed by atoms with Crippen molar-refractivity contribution in [3.63, 3.8) is 0 Å². The summed E-state index contributed by atoms with van der Waals surface area (Å²) in [5, 5.41) is 8.48. The van der Waals surface area contributed by atoms with Crippen molar-refractivity contribution in [2.24, 2.45) is 0 Å². The quantitative estimate of drug-likeness (QED) is 0.463. The number of benzene rings is 1. The normalized spacial score (nSPS) is 16.3. The molecule has 3 rings (SSSR count). The number of halogens is 1. The van der Waals surface area contributed by atoms with Crippen LogP contribution in [0.1, 0.15) is 49.7 Å². The Morgan fingerprint density at radius 3 is 2.49 bits per heavy atom. The number of ether oxygens (including phenoxy) is 2. The summed E-state index contributed by atoms with van der Waals surface area (Å²) in [6, 6.07) is 9.70. The summed E-state index contributed by atoms with van der Waals surface area (Å²) < 4.78 is 23.0. The number of amides is 2. The van der Waals surface area contributed by atoms with Crippen molar-refractivity contribution in [2.75, 3.05) is 38.7 Å². The second-order valence-corrected chi connectivity index (χ2v) is 7.70. The van der Waals surface area contributed by atoms with Gasteiger partial charge in [-0.25, -0.2) is 4.39 Å². The van der Waals surface area contributed by atoms with Crippen molar-refractivity contribution in [3.05, 3.63) is 59.7 Å². The number of likely N-dealkylation sites (N-methyl/N-ethyl adjacent to an activating group) is 1. The Hall–Kier alpha value is -2.88. The largest absolute Gasteiger partial charge is 0.378 e. The number of carbonyl (C=O) groups is 2. The first-order chi connectivity index (χ1) is 16.9. The Morgan fingerprint density at radius 2 is 1.89 bits per heavy atom. The van der Waals surface area contributed by atoms with Gasteiger partial charge in [0.1, 0.15) is 17.6 Å². The summed E-state index contributed by atoms with van der Waals surface area (Å²) in [5.41, 5.74) is 1.73. The number of aryl methyl sites for hydroxylation is 1. The highest BCUT2D eigenvalue weighted by molar-refractivity contribution is 5.97. The van der Waals surface area contributed by atoms with Gasteiger partial charge in [-0.15, -0.1) is 0 Å². The standard InChI is InChI=1S/C17H26N4O4.C7H7F.C2H6/c1-12-3-4-15(25-12)17(23)21-13-5-6-19-14(11-13)16(22)20-8-10-24-9-7-18-2;1-6-3-2-4-7(8)5-6;1-2/h5-6,11-12,15,18H,3-4,7-10H2,1-2H3,(H,20,22)(H,19,21,23);2-5H,1H3;1-2H3. The number of aromatic nitrogens is 1. The summed E-state index contributed by atoms with van der Waals surface area (Å²) in [7, 11) is 1.85. The summed E-state index contributed by atoms with van der Waals surface area (Å²) in [6.45, 7) is 10.00. The minimum atomic E-state index is -0.435. The van der Waals surface area contributed by atoms with Crippen LogP contribution in [0.15, 0.2) is 42.6 Å². The predicted molar refractivity (Wildman–Crippen MR) is 136 cm³/mol. The molecule has 8 nitrogen and oxygen atoms in total. The lowest BCUT2D eigenvalue weighted by atomic mass is 10.2. The molecular weight excluding hydrogens is 451 g/mol. The Balaban J connectivity index is 0.000000512. The molecule has 0 spiro atoms. The SMILES string of the molecule is CC.CNCCOCCNC(=O)c1cc(NC(=O)C2CCC(C)O2)ccn1.Cc1cccc(F)c1. The van der Waals surface area contributed by atoms with Gasteiger partial charge < -0.3 is 25.4 Å². The van der Waals surface area contributed by atoms with Crippen LogP contribution in [0.2, 0.25) is 0 Å². The molecule has 2 heterocycles. The fraction of sp³-hybridized carbons (Fsp3) is 0.500. The first-order valence-corrected chi connectivity index (χ1v) is 12.0. The van der Waals surface area contributed by atoms with Gasteiger partial charge in [-0.3, -0.25) is 14.6 Å². The van der Waals surface area contributed by atoms with E-state index in [0.29, 0.717) is 31.9 Å². The van der Waals surface area contributed by atoms with Gasteiger partial charge in [0.05, 0.1) is 19.3 Å². The van der Waals surface area contributed by atoms with Crippen LogP contribution in [0.3, 0.4) is 0 Å². The molecule has 1 fully saturated rings. The molecule has 3 N–H and O–H groups in total. The van der Waals surface area contributed by atoms with Crippen LogP contribution in [-0.4, -0.2) is 62.4 Å².